The molecule has 0 atom stereocenters. The minimum atomic E-state index is -0.261. The maximum Gasteiger partial charge on any atom is 0.277 e. The number of hydrogen-bond acceptors (Lipinski definition) is 3. The van der Waals surface area contributed by atoms with Crippen LogP contribution in [0.25, 0.3) is 0 Å². The van der Waals surface area contributed by atoms with E-state index < -0.39 is 0 Å². The van der Waals surface area contributed by atoms with Gasteiger partial charge in [-0.1, -0.05) is 69.7 Å². The largest absolute Gasteiger partial charge is 0.484 e. The van der Waals surface area contributed by atoms with E-state index in [4.69, 9.17) is 4.74 Å². The van der Waals surface area contributed by atoms with Crippen molar-refractivity contribution in [1.29, 1.82) is 0 Å². The van der Waals surface area contributed by atoms with Gasteiger partial charge in [0.2, 0.25) is 0 Å². The zero-order chi connectivity index (χ0) is 18.8. The molecule has 0 unspecified atom stereocenters. The Bertz CT molecular complexity index is 707. The van der Waals surface area contributed by atoms with Crippen molar-refractivity contribution in [2.75, 3.05) is 6.61 Å². The molecule has 0 aliphatic heterocycles. The van der Waals surface area contributed by atoms with Gasteiger partial charge in [-0.2, -0.15) is 5.10 Å². The Kier molecular flexibility index (Phi) is 7.87. The number of carbonyl (C=O) groups is 1. The molecule has 0 aliphatic carbocycles. The Labute approximate surface area is 156 Å². The van der Waals surface area contributed by atoms with Crippen molar-refractivity contribution in [3.05, 3.63) is 65.7 Å². The molecule has 0 bridgehead atoms. The molecule has 0 heterocycles. The van der Waals surface area contributed by atoms with Crippen LogP contribution in [0, 0.1) is 0 Å². The van der Waals surface area contributed by atoms with E-state index in [0.717, 1.165) is 30.5 Å². The van der Waals surface area contributed by atoms with E-state index in [0.29, 0.717) is 11.7 Å². The van der Waals surface area contributed by atoms with Crippen LogP contribution in [-0.4, -0.2) is 18.2 Å². The van der Waals surface area contributed by atoms with Crippen molar-refractivity contribution in [3.8, 4) is 5.75 Å². The molecule has 0 saturated carbocycles. The number of hydrogen-bond donors (Lipinski definition) is 1. The Morgan fingerprint density at radius 1 is 1.08 bits per heavy atom. The number of nitrogens with one attached hydrogen (secondary N) is 1. The van der Waals surface area contributed by atoms with E-state index >= 15 is 0 Å². The third kappa shape index (κ3) is 6.36. The molecule has 2 aromatic carbocycles. The lowest BCUT2D eigenvalue weighted by Crippen LogP contribution is -2.26. The molecule has 4 nitrogen and oxygen atoms in total. The van der Waals surface area contributed by atoms with Crippen LogP contribution in [0.15, 0.2) is 59.7 Å². The summed E-state index contributed by atoms with van der Waals surface area (Å²) in [6, 6.07) is 17.8. The van der Waals surface area contributed by atoms with Gasteiger partial charge in [-0.05, 0) is 42.0 Å². The number of benzene rings is 2. The molecule has 2 rings (SSSR count). The van der Waals surface area contributed by atoms with Crippen LogP contribution in [0.2, 0.25) is 0 Å². The predicted molar refractivity (Wildman–Crippen MR) is 107 cm³/mol. The summed E-state index contributed by atoms with van der Waals surface area (Å²) in [5.41, 5.74) is 5.78. The van der Waals surface area contributed by atoms with E-state index in [-0.39, 0.29) is 12.5 Å². The summed E-state index contributed by atoms with van der Waals surface area (Å²) in [6.45, 7) is 6.37. The molecule has 0 radical (unpaired) electrons. The lowest BCUT2D eigenvalue weighted by atomic mass is 10.0. The molecule has 1 N–H and O–H groups in total. The Hall–Kier alpha value is -2.62. The van der Waals surface area contributed by atoms with Gasteiger partial charge in [-0.15, -0.1) is 0 Å². The molecule has 2 aromatic rings. The number of rotatable bonds is 9. The third-order valence-corrected chi connectivity index (χ3v) is 4.11. The van der Waals surface area contributed by atoms with E-state index in [2.05, 4.69) is 31.3 Å². The van der Waals surface area contributed by atoms with Crippen molar-refractivity contribution < 1.29 is 9.53 Å². The molecule has 1 amide bonds. The fourth-order valence-corrected chi connectivity index (χ4v) is 2.50. The summed E-state index contributed by atoms with van der Waals surface area (Å²) in [5, 5.41) is 4.32. The van der Waals surface area contributed by atoms with Gasteiger partial charge in [0.05, 0.1) is 5.71 Å². The highest BCUT2D eigenvalue weighted by Gasteiger charge is 2.06. The number of unbranched alkanes of at least 4 members (excludes halogenated alkanes) is 1. The number of hydrazone groups is 1. The molecule has 4 heteroatoms. The van der Waals surface area contributed by atoms with Gasteiger partial charge < -0.3 is 4.74 Å². The highest BCUT2D eigenvalue weighted by Crippen LogP contribution is 2.18. The van der Waals surface area contributed by atoms with Gasteiger partial charge in [0.15, 0.2) is 6.61 Å². The van der Waals surface area contributed by atoms with E-state index in [9.17, 15) is 4.79 Å². The zero-order valence-corrected chi connectivity index (χ0v) is 15.9. The van der Waals surface area contributed by atoms with Crippen LogP contribution in [-0.2, 0) is 4.79 Å². The van der Waals surface area contributed by atoms with Crippen molar-refractivity contribution in [3.63, 3.8) is 0 Å². The summed E-state index contributed by atoms with van der Waals surface area (Å²) in [7, 11) is 0. The number of amides is 1. The van der Waals surface area contributed by atoms with Crippen molar-refractivity contribution in [1.82, 2.24) is 5.43 Å². The summed E-state index contributed by atoms with van der Waals surface area (Å²) < 4.78 is 5.54. The Morgan fingerprint density at radius 3 is 2.38 bits per heavy atom. The number of ether oxygens (including phenoxy) is 1. The molecule has 0 fully saturated rings. The summed E-state index contributed by atoms with van der Waals surface area (Å²) >= 11 is 0. The van der Waals surface area contributed by atoms with Gasteiger partial charge in [-0.3, -0.25) is 4.79 Å². The minimum absolute atomic E-state index is 0.0552. The summed E-state index contributed by atoms with van der Waals surface area (Å²) in [5.74, 6) is 0.895. The van der Waals surface area contributed by atoms with Crippen LogP contribution >= 0.6 is 0 Å². The summed E-state index contributed by atoms with van der Waals surface area (Å²) in [6.07, 6.45) is 2.94. The van der Waals surface area contributed by atoms with Gasteiger partial charge in [0.1, 0.15) is 5.75 Å². The average Bonchev–Trinajstić information content (AvgIpc) is 2.67. The second-order valence-electron chi connectivity index (χ2n) is 6.58. The van der Waals surface area contributed by atoms with Gasteiger partial charge in [-0.25, -0.2) is 5.43 Å². The van der Waals surface area contributed by atoms with E-state index in [1.807, 2.05) is 54.6 Å². The van der Waals surface area contributed by atoms with Crippen molar-refractivity contribution >= 4 is 11.6 Å². The molecule has 138 valence electrons. The van der Waals surface area contributed by atoms with Crippen LogP contribution in [0.5, 0.6) is 5.75 Å². The first-order chi connectivity index (χ1) is 12.6. The fourth-order valence-electron chi connectivity index (χ4n) is 2.50. The molecule has 26 heavy (non-hydrogen) atoms. The number of carbonyl (C=O) groups excluding carboxylic acids is 1. The molecule has 0 saturated heterocycles. The SMILES string of the molecule is CCCC/C(=N\NC(=O)COc1ccc(C(C)C)cc1)c1ccccc1. The topological polar surface area (TPSA) is 50.7 Å². The highest BCUT2D eigenvalue weighted by molar-refractivity contribution is 6.01. The smallest absolute Gasteiger partial charge is 0.277 e. The van der Waals surface area contributed by atoms with Crippen molar-refractivity contribution in [2.24, 2.45) is 5.10 Å². The number of nitrogens with zero attached hydrogens (tertiary/aromatic N) is 1. The second-order valence-corrected chi connectivity index (χ2v) is 6.58. The van der Waals surface area contributed by atoms with E-state index in [1.54, 1.807) is 0 Å². The normalized spacial score (nSPS) is 11.5. The molecule has 0 aliphatic rings. The molecular weight excluding hydrogens is 324 g/mol. The lowest BCUT2D eigenvalue weighted by molar-refractivity contribution is -0.123. The van der Waals surface area contributed by atoms with Crippen LogP contribution in [0.1, 0.15) is 57.1 Å². The van der Waals surface area contributed by atoms with Crippen LogP contribution in [0.4, 0.5) is 0 Å². The first kappa shape index (κ1) is 19.7. The quantitative estimate of drug-likeness (QED) is 0.515. The molecule has 0 spiro atoms. The molecule has 0 aromatic heterocycles. The maximum atomic E-state index is 12.1. The van der Waals surface area contributed by atoms with E-state index in [1.165, 1.54) is 5.56 Å². The maximum absolute atomic E-state index is 12.1. The van der Waals surface area contributed by atoms with Crippen LogP contribution in [0.3, 0.4) is 0 Å². The monoisotopic (exact) mass is 352 g/mol. The van der Waals surface area contributed by atoms with Crippen LogP contribution < -0.4 is 10.2 Å². The predicted octanol–water partition coefficient (Wildman–Crippen LogP) is 4.90. The Balaban J connectivity index is 1.91. The first-order valence-electron chi connectivity index (χ1n) is 9.23. The van der Waals surface area contributed by atoms with Gasteiger partial charge in [0, 0.05) is 0 Å². The lowest BCUT2D eigenvalue weighted by Gasteiger charge is -2.09. The first-order valence-corrected chi connectivity index (χ1v) is 9.23. The second kappa shape index (κ2) is 10.4. The molecular formula is C22H28N2O2. The Morgan fingerprint density at radius 2 is 1.77 bits per heavy atom. The zero-order valence-electron chi connectivity index (χ0n) is 15.9. The fraction of sp³-hybridized carbons (Fsp3) is 0.364. The summed E-state index contributed by atoms with van der Waals surface area (Å²) in [4.78, 5) is 12.1. The minimum Gasteiger partial charge on any atom is -0.484 e. The van der Waals surface area contributed by atoms with Gasteiger partial charge in [0.25, 0.3) is 5.91 Å². The third-order valence-electron chi connectivity index (χ3n) is 4.11. The highest BCUT2D eigenvalue weighted by atomic mass is 16.5. The van der Waals surface area contributed by atoms with Gasteiger partial charge >= 0.3 is 0 Å². The standard InChI is InChI=1S/C22H28N2O2/c1-4-5-11-21(19-9-7-6-8-10-19)23-24-22(25)16-26-20-14-12-18(13-15-20)17(2)3/h6-10,12-15,17H,4-5,11,16H2,1-3H3,(H,24,25)/b23-21+. The average molecular weight is 352 g/mol. The van der Waals surface area contributed by atoms with Crippen molar-refractivity contribution in [2.45, 2.75) is 46.0 Å².